The minimum atomic E-state index is -1.16. The van der Waals surface area contributed by atoms with Gasteiger partial charge in [0.15, 0.2) is 0 Å². The Hall–Kier alpha value is -3.44. The van der Waals surface area contributed by atoms with Gasteiger partial charge in [0, 0.05) is 13.1 Å². The van der Waals surface area contributed by atoms with Gasteiger partial charge in [0.05, 0.1) is 12.5 Å². The average Bonchev–Trinajstić information content (AvgIpc) is 3.32. The highest BCUT2D eigenvalue weighted by Gasteiger charge is 2.69. The summed E-state index contributed by atoms with van der Waals surface area (Å²) in [7, 11) is 0. The molecule has 2 aliphatic carbocycles. The van der Waals surface area contributed by atoms with E-state index in [0.29, 0.717) is 19.4 Å². The van der Waals surface area contributed by atoms with E-state index in [9.17, 15) is 28.8 Å². The predicted octanol–water partition coefficient (Wildman–Crippen LogP) is 4.20. The molecule has 12 nitrogen and oxygen atoms in total. The molecule has 0 radical (unpaired) electrons. The summed E-state index contributed by atoms with van der Waals surface area (Å²) in [6.45, 7) is 18.8. The van der Waals surface area contributed by atoms with Gasteiger partial charge in [-0.2, -0.15) is 0 Å². The molecular formula is C36H58N4O8. The van der Waals surface area contributed by atoms with E-state index in [0.717, 1.165) is 32.1 Å². The summed E-state index contributed by atoms with van der Waals surface area (Å²) in [5, 5.41) is 8.10. The first-order valence-corrected chi connectivity index (χ1v) is 17.6. The summed E-state index contributed by atoms with van der Waals surface area (Å²) in [6.07, 6.45) is 6.42. The molecule has 0 bridgehead atoms. The van der Waals surface area contributed by atoms with E-state index in [1.807, 2.05) is 6.92 Å². The molecular weight excluding hydrogens is 616 g/mol. The van der Waals surface area contributed by atoms with Crippen LogP contribution in [0.25, 0.3) is 0 Å². The molecule has 4 amide bonds. The number of carbonyl (C=O) groups excluding carboxylic acids is 6. The third kappa shape index (κ3) is 10.0. The van der Waals surface area contributed by atoms with Gasteiger partial charge in [0.25, 0.3) is 5.91 Å². The van der Waals surface area contributed by atoms with Gasteiger partial charge in [-0.25, -0.2) is 4.79 Å². The number of nitrogens with one attached hydrogen (secondary N) is 3. The molecule has 270 valence electrons. The monoisotopic (exact) mass is 674 g/mol. The second-order valence-electron chi connectivity index (χ2n) is 15.8. The number of fused-ring (bicyclic) bond motifs is 1. The standard InChI is InChI=1S/C36H58N4O8/c1-10-12-18-24(29(42)31(44)37-20-19-25(41)47-35(6,7)11-2)38-30(43)28-26-23(36(26,8)9)21-40(28)32(45)27(22-16-14-13-15-17-22)39-33(46)48-34(3,4)5/h10,22-24,26-28H,1,11-21H2,2-9H3,(H,37,44)(H,38,43)(H,39,46)/t23?,24-,26+,27+,28+/m1/s1. The molecule has 3 rings (SSSR count). The first-order valence-electron chi connectivity index (χ1n) is 17.6. The molecule has 1 unspecified atom stereocenters. The minimum absolute atomic E-state index is 0.0776. The number of hydrogen-bond acceptors (Lipinski definition) is 8. The molecule has 3 N–H and O–H groups in total. The number of alkyl carbamates (subject to hydrolysis) is 1. The number of rotatable bonds is 15. The van der Waals surface area contributed by atoms with Crippen molar-refractivity contribution >= 4 is 35.6 Å². The van der Waals surface area contributed by atoms with Crippen LogP contribution in [0.2, 0.25) is 0 Å². The Bertz CT molecular complexity index is 1230. The van der Waals surface area contributed by atoms with E-state index in [1.54, 1.807) is 45.6 Å². The summed E-state index contributed by atoms with van der Waals surface area (Å²) in [5.41, 5.74) is -1.58. The van der Waals surface area contributed by atoms with E-state index in [4.69, 9.17) is 9.47 Å². The van der Waals surface area contributed by atoms with Crippen LogP contribution in [0.15, 0.2) is 12.7 Å². The van der Waals surface area contributed by atoms with Gasteiger partial charge < -0.3 is 30.3 Å². The van der Waals surface area contributed by atoms with Crippen LogP contribution in [0, 0.1) is 23.2 Å². The number of carbonyl (C=O) groups is 6. The van der Waals surface area contributed by atoms with Crippen LogP contribution in [0.5, 0.6) is 0 Å². The van der Waals surface area contributed by atoms with E-state index in [1.165, 1.54) is 0 Å². The highest BCUT2D eigenvalue weighted by atomic mass is 16.6. The molecule has 3 aliphatic rings. The van der Waals surface area contributed by atoms with Crippen LogP contribution in [0.3, 0.4) is 0 Å². The average molecular weight is 675 g/mol. The Labute approximate surface area is 285 Å². The van der Waals surface area contributed by atoms with Gasteiger partial charge >= 0.3 is 12.1 Å². The number of hydrogen-bond donors (Lipinski definition) is 3. The van der Waals surface area contributed by atoms with Crippen molar-refractivity contribution in [2.24, 2.45) is 23.2 Å². The Balaban J connectivity index is 1.76. The number of amides is 4. The summed E-state index contributed by atoms with van der Waals surface area (Å²) in [5.74, 6) is -3.26. The third-order valence-electron chi connectivity index (χ3n) is 10.2. The Morgan fingerprint density at radius 3 is 2.21 bits per heavy atom. The van der Waals surface area contributed by atoms with E-state index in [2.05, 4.69) is 36.4 Å². The predicted molar refractivity (Wildman–Crippen MR) is 180 cm³/mol. The first-order chi connectivity index (χ1) is 22.3. The van der Waals surface area contributed by atoms with Gasteiger partial charge in [0.1, 0.15) is 23.3 Å². The van der Waals surface area contributed by atoms with Gasteiger partial charge in [-0.15, -0.1) is 6.58 Å². The van der Waals surface area contributed by atoms with Crippen LogP contribution >= 0.6 is 0 Å². The van der Waals surface area contributed by atoms with Crippen molar-refractivity contribution in [1.82, 2.24) is 20.9 Å². The van der Waals surface area contributed by atoms with Crippen molar-refractivity contribution in [3.63, 3.8) is 0 Å². The lowest BCUT2D eigenvalue weighted by Gasteiger charge is -2.37. The number of Topliss-reactive ketones (excluding diaryl/α,β-unsaturated/α-hetero) is 1. The largest absolute Gasteiger partial charge is 0.460 e. The molecule has 5 atom stereocenters. The Morgan fingerprint density at radius 1 is 0.979 bits per heavy atom. The lowest BCUT2D eigenvalue weighted by molar-refractivity contribution is -0.156. The zero-order valence-electron chi connectivity index (χ0n) is 30.2. The second-order valence-corrected chi connectivity index (χ2v) is 15.8. The highest BCUT2D eigenvalue weighted by molar-refractivity contribution is 6.38. The number of allylic oxidation sites excluding steroid dienone is 1. The van der Waals surface area contributed by atoms with Crippen molar-refractivity contribution in [2.45, 2.75) is 143 Å². The van der Waals surface area contributed by atoms with E-state index in [-0.39, 0.29) is 48.5 Å². The lowest BCUT2D eigenvalue weighted by Crippen LogP contribution is -2.59. The number of piperidine rings is 1. The molecule has 1 saturated heterocycles. The molecule has 0 aromatic carbocycles. The normalized spacial score (nSPS) is 23.2. The van der Waals surface area contributed by atoms with Crippen molar-refractivity contribution in [3.05, 3.63) is 12.7 Å². The molecule has 12 heteroatoms. The highest BCUT2D eigenvalue weighted by Crippen LogP contribution is 2.65. The fourth-order valence-electron chi connectivity index (χ4n) is 7.04. The molecule has 2 saturated carbocycles. The SMILES string of the molecule is C=CCC[C@@H](NC(=O)[C@@H]1[C@@H]2C(CN1C(=O)[C@@H](NC(=O)OC(C)(C)C)C1CCCCC1)C2(C)C)C(=O)C(=O)NCCC(=O)OC(C)(C)CC. The number of esters is 1. The number of likely N-dealkylation sites (tertiary alicyclic amines) is 1. The first kappa shape index (κ1) is 39.0. The smallest absolute Gasteiger partial charge is 0.408 e. The minimum Gasteiger partial charge on any atom is -0.460 e. The quantitative estimate of drug-likeness (QED) is 0.132. The third-order valence-corrected chi connectivity index (χ3v) is 10.2. The molecule has 0 aromatic heterocycles. The molecule has 1 aliphatic heterocycles. The Kier molecular flexibility index (Phi) is 12.9. The van der Waals surface area contributed by atoms with Gasteiger partial charge in [-0.1, -0.05) is 46.1 Å². The summed E-state index contributed by atoms with van der Waals surface area (Å²) in [6, 6.07) is -2.88. The molecule has 48 heavy (non-hydrogen) atoms. The van der Waals surface area contributed by atoms with Crippen molar-refractivity contribution < 1.29 is 38.2 Å². The number of nitrogens with zero attached hydrogens (tertiary/aromatic N) is 1. The maximum atomic E-state index is 14.3. The molecule has 0 spiro atoms. The lowest BCUT2D eigenvalue weighted by atomic mass is 9.83. The zero-order chi connectivity index (χ0) is 36.0. The molecule has 1 heterocycles. The maximum Gasteiger partial charge on any atom is 0.408 e. The second kappa shape index (κ2) is 15.8. The van der Waals surface area contributed by atoms with Crippen LogP contribution in [-0.4, -0.2) is 82.9 Å². The van der Waals surface area contributed by atoms with Gasteiger partial charge in [0.2, 0.25) is 17.6 Å². The van der Waals surface area contributed by atoms with Crippen LogP contribution < -0.4 is 16.0 Å². The zero-order valence-corrected chi connectivity index (χ0v) is 30.2. The molecule has 3 fully saturated rings. The fraction of sp³-hybridized carbons (Fsp3) is 0.778. The number of ether oxygens (including phenoxy) is 2. The summed E-state index contributed by atoms with van der Waals surface area (Å²) >= 11 is 0. The van der Waals surface area contributed by atoms with Crippen molar-refractivity contribution in [2.75, 3.05) is 13.1 Å². The van der Waals surface area contributed by atoms with Gasteiger partial charge in [-0.3, -0.25) is 24.0 Å². The van der Waals surface area contributed by atoms with E-state index >= 15 is 0 Å². The summed E-state index contributed by atoms with van der Waals surface area (Å²) < 4.78 is 10.9. The van der Waals surface area contributed by atoms with Crippen molar-refractivity contribution in [3.8, 4) is 0 Å². The van der Waals surface area contributed by atoms with Crippen LogP contribution in [0.4, 0.5) is 4.79 Å². The summed E-state index contributed by atoms with van der Waals surface area (Å²) in [4.78, 5) is 81.2. The number of ketones is 1. The Morgan fingerprint density at radius 2 is 1.62 bits per heavy atom. The fourth-order valence-corrected chi connectivity index (χ4v) is 7.04. The maximum absolute atomic E-state index is 14.3. The van der Waals surface area contributed by atoms with Crippen molar-refractivity contribution in [1.29, 1.82) is 0 Å². The van der Waals surface area contributed by atoms with Crippen LogP contribution in [-0.2, 0) is 33.4 Å². The topological polar surface area (TPSA) is 160 Å². The molecule has 0 aromatic rings. The van der Waals surface area contributed by atoms with E-state index < -0.39 is 59.0 Å². The van der Waals surface area contributed by atoms with Gasteiger partial charge in [-0.05, 0) is 89.9 Å². The van der Waals surface area contributed by atoms with Crippen LogP contribution in [0.1, 0.15) is 113 Å².